The van der Waals surface area contributed by atoms with Crippen molar-refractivity contribution in [2.24, 2.45) is 5.92 Å². The molecule has 0 saturated carbocycles. The smallest absolute Gasteiger partial charge is 0.268 e. The Labute approximate surface area is 171 Å². The Morgan fingerprint density at radius 2 is 1.76 bits per heavy atom. The van der Waals surface area contributed by atoms with Gasteiger partial charge < -0.3 is 14.2 Å². The second-order valence-corrected chi connectivity index (χ2v) is 7.41. The lowest BCUT2D eigenvalue weighted by Crippen LogP contribution is -2.50. The first-order valence-electron chi connectivity index (χ1n) is 9.79. The van der Waals surface area contributed by atoms with Crippen molar-refractivity contribution in [1.29, 1.82) is 0 Å². The highest BCUT2D eigenvalue weighted by atomic mass is 16.4. The largest absolute Gasteiger partial charge is 0.415 e. The molecule has 0 N–H and O–H groups in total. The van der Waals surface area contributed by atoms with E-state index in [1.165, 1.54) is 0 Å². The maximum atomic E-state index is 12.2. The third-order valence-electron chi connectivity index (χ3n) is 5.00. The molecule has 1 saturated heterocycles. The van der Waals surface area contributed by atoms with Crippen molar-refractivity contribution < 1.29 is 10.6 Å². The molecule has 0 bridgehead atoms. The van der Waals surface area contributed by atoms with Crippen LogP contribution in [0.2, 0.25) is 0 Å². The molecule has 3 heterocycles. The monoisotopic (exact) mass is 394 g/mol. The van der Waals surface area contributed by atoms with Crippen LogP contribution in [0, 0.1) is 12.8 Å². The van der Waals surface area contributed by atoms with Crippen LogP contribution in [-0.4, -0.2) is 57.2 Å². The van der Waals surface area contributed by atoms with Crippen LogP contribution in [0.25, 0.3) is 23.0 Å². The minimum absolute atomic E-state index is 0. The Kier molecular flexibility index (Phi) is 5.24. The fourth-order valence-electron chi connectivity index (χ4n) is 3.33. The Balaban J connectivity index is 0.00000256. The molecule has 1 amide bonds. The van der Waals surface area contributed by atoms with Crippen molar-refractivity contribution in [3.05, 3.63) is 42.2 Å². The molecule has 3 aromatic rings. The summed E-state index contributed by atoms with van der Waals surface area (Å²) in [6.45, 7) is 8.53. The topological polar surface area (TPSA) is 88.3 Å². The number of hydrogen-bond donors (Lipinski definition) is 0. The molecule has 0 atom stereocenters. The Morgan fingerprint density at radius 3 is 2.45 bits per heavy atom. The van der Waals surface area contributed by atoms with Gasteiger partial charge in [-0.05, 0) is 19.1 Å². The third-order valence-corrected chi connectivity index (χ3v) is 5.00. The summed E-state index contributed by atoms with van der Waals surface area (Å²) in [6.07, 6.45) is 1.76. The van der Waals surface area contributed by atoms with E-state index in [0.717, 1.165) is 30.2 Å². The molecule has 1 aliphatic heterocycles. The van der Waals surface area contributed by atoms with Crippen LogP contribution < -0.4 is 4.90 Å². The standard InChI is InChI=1S/C21H24N6O2.H2/c1-14(2)21(28)27-11-9-26(10-12-27)17-13-22-15(3)18(23-17)20-25-24-19(29-20)16-7-5-4-6-8-16;/h4-8,13-14H,9-12H2,1-3H3;1H. The SMILES string of the molecule is Cc1ncc(N2CCN(C(=O)C(C)C)CC2)nc1-c1nnc(-c2ccccc2)o1.[HH]. The number of piperazine rings is 1. The molecule has 1 fully saturated rings. The Hall–Kier alpha value is -3.29. The predicted molar refractivity (Wildman–Crippen MR) is 111 cm³/mol. The molecule has 1 aliphatic rings. The van der Waals surface area contributed by atoms with Crippen LogP contribution in [0.15, 0.2) is 40.9 Å². The summed E-state index contributed by atoms with van der Waals surface area (Å²) in [6, 6.07) is 9.63. The molecule has 1 aromatic carbocycles. The van der Waals surface area contributed by atoms with Gasteiger partial charge >= 0.3 is 0 Å². The Morgan fingerprint density at radius 1 is 1.07 bits per heavy atom. The zero-order chi connectivity index (χ0) is 20.4. The average molecular weight is 394 g/mol. The van der Waals surface area contributed by atoms with Gasteiger partial charge in [-0.15, -0.1) is 10.2 Å². The van der Waals surface area contributed by atoms with Crippen molar-refractivity contribution in [2.75, 3.05) is 31.1 Å². The van der Waals surface area contributed by atoms with Crippen LogP contribution in [0.4, 0.5) is 5.82 Å². The van der Waals surface area contributed by atoms with Gasteiger partial charge in [0.05, 0.1) is 11.9 Å². The molecule has 8 nitrogen and oxygen atoms in total. The zero-order valence-electron chi connectivity index (χ0n) is 16.9. The van der Waals surface area contributed by atoms with E-state index in [1.807, 2.05) is 56.0 Å². The second kappa shape index (κ2) is 7.98. The molecule has 29 heavy (non-hydrogen) atoms. The van der Waals surface area contributed by atoms with Crippen LogP contribution >= 0.6 is 0 Å². The van der Waals surface area contributed by atoms with Crippen molar-refractivity contribution in [1.82, 2.24) is 25.1 Å². The number of amides is 1. The number of carbonyl (C=O) groups excluding carboxylic acids is 1. The molecular weight excluding hydrogens is 368 g/mol. The van der Waals surface area contributed by atoms with E-state index in [0.29, 0.717) is 30.6 Å². The van der Waals surface area contributed by atoms with Crippen LogP contribution in [-0.2, 0) is 4.79 Å². The number of aryl methyl sites for hydroxylation is 1. The summed E-state index contributed by atoms with van der Waals surface area (Å²) < 4.78 is 5.86. The highest BCUT2D eigenvalue weighted by Gasteiger charge is 2.24. The minimum Gasteiger partial charge on any atom is -0.415 e. The molecule has 0 aliphatic carbocycles. The maximum absolute atomic E-state index is 12.2. The highest BCUT2D eigenvalue weighted by Crippen LogP contribution is 2.26. The first-order valence-corrected chi connectivity index (χ1v) is 9.79. The summed E-state index contributed by atoms with van der Waals surface area (Å²) >= 11 is 0. The van der Waals surface area contributed by atoms with Crippen molar-refractivity contribution in [2.45, 2.75) is 20.8 Å². The van der Waals surface area contributed by atoms with E-state index in [1.54, 1.807) is 6.20 Å². The van der Waals surface area contributed by atoms with Gasteiger partial charge in [-0.25, -0.2) is 4.98 Å². The van der Waals surface area contributed by atoms with Crippen molar-refractivity contribution in [3.8, 4) is 23.0 Å². The summed E-state index contributed by atoms with van der Waals surface area (Å²) in [5.74, 6) is 1.77. The zero-order valence-corrected chi connectivity index (χ0v) is 16.9. The van der Waals surface area contributed by atoms with Gasteiger partial charge in [0.15, 0.2) is 5.69 Å². The van der Waals surface area contributed by atoms with Gasteiger partial charge in [0.25, 0.3) is 5.89 Å². The quantitative estimate of drug-likeness (QED) is 0.672. The summed E-state index contributed by atoms with van der Waals surface area (Å²) in [7, 11) is 0. The highest BCUT2D eigenvalue weighted by molar-refractivity contribution is 5.78. The van der Waals surface area contributed by atoms with E-state index in [2.05, 4.69) is 20.1 Å². The van der Waals surface area contributed by atoms with Gasteiger partial charge in [-0.1, -0.05) is 32.0 Å². The van der Waals surface area contributed by atoms with Crippen LogP contribution in [0.3, 0.4) is 0 Å². The molecule has 0 unspecified atom stereocenters. The Bertz CT molecular complexity index is 1000. The minimum atomic E-state index is 0. The first-order chi connectivity index (χ1) is 14.0. The second-order valence-electron chi connectivity index (χ2n) is 7.41. The number of nitrogens with zero attached hydrogens (tertiary/aromatic N) is 6. The lowest BCUT2D eigenvalue weighted by molar-refractivity contribution is -0.134. The molecule has 2 aromatic heterocycles. The van der Waals surface area contributed by atoms with E-state index in [-0.39, 0.29) is 13.3 Å². The lowest BCUT2D eigenvalue weighted by atomic mass is 10.1. The van der Waals surface area contributed by atoms with Gasteiger partial charge in [0, 0.05) is 39.1 Å². The van der Waals surface area contributed by atoms with E-state index in [4.69, 9.17) is 9.40 Å². The van der Waals surface area contributed by atoms with E-state index < -0.39 is 0 Å². The molecule has 0 spiro atoms. The van der Waals surface area contributed by atoms with E-state index in [9.17, 15) is 4.79 Å². The van der Waals surface area contributed by atoms with Gasteiger partial charge in [-0.3, -0.25) is 9.78 Å². The predicted octanol–water partition coefficient (Wildman–Crippen LogP) is 3.05. The van der Waals surface area contributed by atoms with Crippen molar-refractivity contribution in [3.63, 3.8) is 0 Å². The molecule has 8 heteroatoms. The molecular formula is C21H26N6O2. The lowest BCUT2D eigenvalue weighted by Gasteiger charge is -2.36. The van der Waals surface area contributed by atoms with Crippen molar-refractivity contribution >= 4 is 11.7 Å². The van der Waals surface area contributed by atoms with Gasteiger partial charge in [0.2, 0.25) is 11.8 Å². The summed E-state index contributed by atoms with van der Waals surface area (Å²) in [5, 5.41) is 8.32. The average Bonchev–Trinajstić information content (AvgIpc) is 3.24. The third kappa shape index (κ3) is 3.96. The molecule has 0 radical (unpaired) electrons. The van der Waals surface area contributed by atoms with E-state index >= 15 is 0 Å². The van der Waals surface area contributed by atoms with Gasteiger partial charge in [0.1, 0.15) is 5.82 Å². The van der Waals surface area contributed by atoms with Crippen LogP contribution in [0.1, 0.15) is 21.0 Å². The number of benzene rings is 1. The number of carbonyl (C=O) groups is 1. The summed E-state index contributed by atoms with van der Waals surface area (Å²) in [5.41, 5.74) is 2.17. The number of aromatic nitrogens is 4. The number of hydrogen-bond acceptors (Lipinski definition) is 7. The molecule has 152 valence electrons. The first kappa shape index (κ1) is 19.0. The summed E-state index contributed by atoms with van der Waals surface area (Å²) in [4.78, 5) is 25.5. The van der Waals surface area contributed by atoms with Gasteiger partial charge in [-0.2, -0.15) is 0 Å². The normalized spacial score (nSPS) is 14.5. The maximum Gasteiger partial charge on any atom is 0.268 e. The fraction of sp³-hybridized carbons (Fsp3) is 0.381. The molecule has 4 rings (SSSR count). The fourth-order valence-corrected chi connectivity index (χ4v) is 3.33. The number of rotatable bonds is 4. The number of anilines is 1. The van der Waals surface area contributed by atoms with Crippen LogP contribution in [0.5, 0.6) is 0 Å².